The lowest BCUT2D eigenvalue weighted by Gasteiger charge is -2.62. The minimum absolute atomic E-state index is 0. The molecule has 2 nitrogen and oxygen atoms in total. The van der Waals surface area contributed by atoms with E-state index in [4.69, 9.17) is 5.11 Å². The Morgan fingerprint density at radius 3 is 2.03 bits per heavy atom. The van der Waals surface area contributed by atoms with Crippen LogP contribution in [-0.2, 0) is 0 Å². The highest BCUT2D eigenvalue weighted by Gasteiger charge is 2.60. The van der Waals surface area contributed by atoms with Crippen LogP contribution < -0.4 is 0 Å². The molecule has 0 aromatic rings. The van der Waals surface area contributed by atoms with Crippen molar-refractivity contribution in [3.8, 4) is 0 Å². The molecule has 4 rings (SSSR count). The van der Waals surface area contributed by atoms with Gasteiger partial charge in [-0.15, -0.1) is 0 Å². The predicted octanol–water partition coefficient (Wildman–Crippen LogP) is 8.25. The van der Waals surface area contributed by atoms with Gasteiger partial charge in [0.1, 0.15) is 0 Å². The SMILES string of the molecule is C.CC.CCCC[C@H]1CCC2[C@@H]3CCC4C[C@@](C)(O)CC[C@]4(C)C3CC[C@@]21C.CCO. The molecule has 4 aliphatic rings. The number of hydrogen-bond donors (Lipinski definition) is 2. The Balaban J connectivity index is 0.000000740. The Morgan fingerprint density at radius 2 is 1.42 bits per heavy atom. The number of rotatable bonds is 3. The summed E-state index contributed by atoms with van der Waals surface area (Å²) in [6.07, 6.45) is 16.5. The van der Waals surface area contributed by atoms with Crippen molar-refractivity contribution in [3.63, 3.8) is 0 Å². The first kappa shape index (κ1) is 29.0. The first-order valence-corrected chi connectivity index (χ1v) is 13.5. The van der Waals surface area contributed by atoms with Crippen LogP contribution in [0, 0.1) is 40.4 Å². The van der Waals surface area contributed by atoms with Crippen LogP contribution in [0.15, 0.2) is 0 Å². The summed E-state index contributed by atoms with van der Waals surface area (Å²) in [5, 5.41) is 18.2. The van der Waals surface area contributed by atoms with E-state index in [1.165, 1.54) is 64.2 Å². The second-order valence-corrected chi connectivity index (χ2v) is 11.6. The number of aliphatic hydroxyl groups is 2. The summed E-state index contributed by atoms with van der Waals surface area (Å²) in [6, 6.07) is 0. The monoisotopic (exact) mass is 438 g/mol. The highest BCUT2D eigenvalue weighted by molar-refractivity contribution is 5.10. The summed E-state index contributed by atoms with van der Waals surface area (Å²) in [7, 11) is 0. The van der Waals surface area contributed by atoms with Gasteiger partial charge in [0.05, 0.1) is 5.60 Å². The summed E-state index contributed by atoms with van der Waals surface area (Å²) in [5.41, 5.74) is 0.784. The fourth-order valence-corrected chi connectivity index (χ4v) is 8.46. The lowest BCUT2D eigenvalue weighted by molar-refractivity contribution is -0.146. The summed E-state index contributed by atoms with van der Waals surface area (Å²) in [4.78, 5) is 0. The Bertz CT molecular complexity index is 515. The summed E-state index contributed by atoms with van der Waals surface area (Å²) >= 11 is 0. The van der Waals surface area contributed by atoms with Crippen molar-refractivity contribution >= 4 is 0 Å². The normalized spacial score (nSPS) is 45.4. The van der Waals surface area contributed by atoms with E-state index in [1.807, 2.05) is 13.8 Å². The molecule has 186 valence electrons. The summed E-state index contributed by atoms with van der Waals surface area (Å²) < 4.78 is 0. The predicted molar refractivity (Wildman–Crippen MR) is 136 cm³/mol. The van der Waals surface area contributed by atoms with Gasteiger partial charge in [-0.3, -0.25) is 0 Å². The van der Waals surface area contributed by atoms with Crippen LogP contribution in [0.25, 0.3) is 0 Å². The molecule has 0 aliphatic heterocycles. The van der Waals surface area contributed by atoms with Crippen LogP contribution in [0.4, 0.5) is 0 Å². The summed E-state index contributed by atoms with van der Waals surface area (Å²) in [6.45, 7) is 15.7. The maximum absolute atomic E-state index is 10.6. The van der Waals surface area contributed by atoms with Crippen LogP contribution in [0.5, 0.6) is 0 Å². The Morgan fingerprint density at radius 1 is 0.806 bits per heavy atom. The molecule has 2 heteroatoms. The Labute approximate surface area is 196 Å². The highest BCUT2D eigenvalue weighted by Crippen LogP contribution is 2.68. The maximum Gasteiger partial charge on any atom is 0.0622 e. The second kappa shape index (κ2) is 11.9. The van der Waals surface area contributed by atoms with Crippen molar-refractivity contribution in [1.29, 1.82) is 0 Å². The van der Waals surface area contributed by atoms with Gasteiger partial charge in [0.15, 0.2) is 0 Å². The lowest BCUT2D eigenvalue weighted by atomic mass is 9.44. The molecule has 8 atom stereocenters. The lowest BCUT2D eigenvalue weighted by Crippen LogP contribution is -2.55. The van der Waals surface area contributed by atoms with Crippen molar-refractivity contribution in [2.24, 2.45) is 40.4 Å². The van der Waals surface area contributed by atoms with E-state index in [2.05, 4.69) is 27.7 Å². The largest absolute Gasteiger partial charge is 0.397 e. The molecular weight excluding hydrogens is 380 g/mol. The van der Waals surface area contributed by atoms with Gasteiger partial charge < -0.3 is 10.2 Å². The summed E-state index contributed by atoms with van der Waals surface area (Å²) in [5.74, 6) is 4.74. The Hall–Kier alpha value is -0.0800. The maximum atomic E-state index is 10.6. The molecule has 2 N–H and O–H groups in total. The number of aliphatic hydroxyl groups excluding tert-OH is 1. The molecule has 0 heterocycles. The van der Waals surface area contributed by atoms with Gasteiger partial charge in [-0.05, 0) is 118 Å². The average Bonchev–Trinajstić information content (AvgIpc) is 3.05. The smallest absolute Gasteiger partial charge is 0.0622 e. The van der Waals surface area contributed by atoms with Gasteiger partial charge in [-0.1, -0.05) is 54.9 Å². The molecule has 0 amide bonds. The van der Waals surface area contributed by atoms with Gasteiger partial charge in [-0.25, -0.2) is 0 Å². The van der Waals surface area contributed by atoms with Crippen molar-refractivity contribution in [1.82, 2.24) is 0 Å². The molecular formula is C29H58O2. The third kappa shape index (κ3) is 5.71. The van der Waals surface area contributed by atoms with Gasteiger partial charge in [0.2, 0.25) is 0 Å². The van der Waals surface area contributed by atoms with Crippen LogP contribution in [0.3, 0.4) is 0 Å². The molecule has 31 heavy (non-hydrogen) atoms. The number of unbranched alkanes of at least 4 members (excludes halogenated alkanes) is 1. The number of fused-ring (bicyclic) bond motifs is 5. The van der Waals surface area contributed by atoms with E-state index in [0.717, 1.165) is 42.4 Å². The molecule has 0 bridgehead atoms. The topological polar surface area (TPSA) is 40.5 Å². The molecule has 4 saturated carbocycles. The molecule has 0 saturated heterocycles. The minimum Gasteiger partial charge on any atom is -0.397 e. The van der Waals surface area contributed by atoms with Crippen molar-refractivity contribution in [2.45, 2.75) is 139 Å². The van der Waals surface area contributed by atoms with Crippen molar-refractivity contribution in [2.75, 3.05) is 6.61 Å². The van der Waals surface area contributed by atoms with Gasteiger partial charge in [0, 0.05) is 6.61 Å². The van der Waals surface area contributed by atoms with Crippen LogP contribution >= 0.6 is 0 Å². The van der Waals surface area contributed by atoms with Crippen LogP contribution in [-0.4, -0.2) is 22.4 Å². The fraction of sp³-hybridized carbons (Fsp3) is 1.00. The van der Waals surface area contributed by atoms with E-state index in [0.29, 0.717) is 10.8 Å². The Kier molecular flexibility index (Phi) is 11.1. The number of hydrogen-bond acceptors (Lipinski definition) is 2. The van der Waals surface area contributed by atoms with E-state index >= 15 is 0 Å². The first-order valence-electron chi connectivity index (χ1n) is 13.5. The molecule has 0 spiro atoms. The highest BCUT2D eigenvalue weighted by atomic mass is 16.3. The fourth-order valence-electron chi connectivity index (χ4n) is 8.46. The van der Waals surface area contributed by atoms with E-state index < -0.39 is 5.60 Å². The molecule has 4 fully saturated rings. The minimum atomic E-state index is -0.390. The first-order chi connectivity index (χ1) is 14.2. The van der Waals surface area contributed by atoms with E-state index in [9.17, 15) is 5.11 Å². The van der Waals surface area contributed by atoms with E-state index in [1.54, 1.807) is 6.92 Å². The van der Waals surface area contributed by atoms with Gasteiger partial charge in [-0.2, -0.15) is 0 Å². The van der Waals surface area contributed by atoms with Crippen molar-refractivity contribution in [3.05, 3.63) is 0 Å². The molecule has 0 radical (unpaired) electrons. The molecule has 0 aromatic heterocycles. The second-order valence-electron chi connectivity index (χ2n) is 11.6. The molecule has 3 unspecified atom stereocenters. The third-order valence-electron chi connectivity index (χ3n) is 10.1. The zero-order valence-corrected chi connectivity index (χ0v) is 21.5. The zero-order chi connectivity index (χ0) is 22.6. The van der Waals surface area contributed by atoms with Gasteiger partial charge in [0.25, 0.3) is 0 Å². The third-order valence-corrected chi connectivity index (χ3v) is 10.1. The zero-order valence-electron chi connectivity index (χ0n) is 21.5. The van der Waals surface area contributed by atoms with E-state index in [-0.39, 0.29) is 14.0 Å². The molecule has 4 aliphatic carbocycles. The van der Waals surface area contributed by atoms with Crippen molar-refractivity contribution < 1.29 is 10.2 Å². The standard InChI is InChI=1S/C24H42O.C2H6O.C2H6.CH4/c1-5-6-7-17-9-11-20-19-10-8-18-16-22(2,25)14-15-24(18,4)21(19)12-13-23(17,20)3;1-2-3;1-2;/h17-21,25H,5-16H2,1-4H3;3H,2H2,1H3;1-2H3;1H4/t17-,18?,19-,20?,21?,22-,23+,24-;;;/m0.../s1. The quantitative estimate of drug-likeness (QED) is 0.465. The van der Waals surface area contributed by atoms with Crippen LogP contribution in [0.1, 0.15) is 133 Å². The molecule has 0 aromatic carbocycles. The van der Waals surface area contributed by atoms with Crippen LogP contribution in [0.2, 0.25) is 0 Å². The average molecular weight is 439 g/mol. The van der Waals surface area contributed by atoms with Gasteiger partial charge >= 0.3 is 0 Å².